The predicted octanol–water partition coefficient (Wildman–Crippen LogP) is 2.20. The summed E-state index contributed by atoms with van der Waals surface area (Å²) in [5, 5.41) is 0. The van der Waals surface area contributed by atoms with E-state index in [0.29, 0.717) is 18.1 Å². The number of sulfone groups is 1. The van der Waals surface area contributed by atoms with Crippen LogP contribution in [0.25, 0.3) is 0 Å². The number of rotatable bonds is 3. The first-order valence-electron chi connectivity index (χ1n) is 5.96. The fraction of sp³-hybridized carbons (Fsp3) is 0.538. The highest BCUT2D eigenvalue weighted by Gasteiger charge is 2.24. The molecule has 17 heavy (non-hydrogen) atoms. The number of benzene rings is 1. The van der Waals surface area contributed by atoms with Gasteiger partial charge < -0.3 is 4.74 Å². The van der Waals surface area contributed by atoms with Crippen LogP contribution in [0.15, 0.2) is 29.2 Å². The molecule has 1 heterocycles. The van der Waals surface area contributed by atoms with Crippen molar-refractivity contribution in [1.29, 1.82) is 0 Å². The monoisotopic (exact) mass is 254 g/mol. The summed E-state index contributed by atoms with van der Waals surface area (Å²) in [6.45, 7) is 3.22. The summed E-state index contributed by atoms with van der Waals surface area (Å²) in [6.07, 6.45) is 1.70. The normalized spacial score (nSPS) is 18.2. The zero-order chi connectivity index (χ0) is 12.3. The lowest BCUT2D eigenvalue weighted by Gasteiger charge is -2.22. The molecule has 2 rings (SSSR count). The minimum absolute atomic E-state index is 0.244. The first-order valence-corrected chi connectivity index (χ1v) is 7.61. The Morgan fingerprint density at radius 2 is 1.88 bits per heavy atom. The highest BCUT2D eigenvalue weighted by molar-refractivity contribution is 7.91. The molecule has 1 aliphatic rings. The zero-order valence-corrected chi connectivity index (χ0v) is 10.9. The Kier molecular flexibility index (Phi) is 3.84. The molecule has 4 heteroatoms. The Labute approximate surface area is 103 Å². The van der Waals surface area contributed by atoms with Crippen LogP contribution < -0.4 is 0 Å². The standard InChI is InChI=1S/C13H18O3S/c1-11-4-2-3-5-13(11)17(14,15)10-12-6-8-16-9-7-12/h2-5,12H,6-10H2,1H3. The van der Waals surface area contributed by atoms with Crippen LogP contribution in [0.4, 0.5) is 0 Å². The molecular formula is C13H18O3S. The van der Waals surface area contributed by atoms with E-state index in [-0.39, 0.29) is 11.7 Å². The summed E-state index contributed by atoms with van der Waals surface area (Å²) in [4.78, 5) is 0.478. The summed E-state index contributed by atoms with van der Waals surface area (Å²) in [5.41, 5.74) is 0.833. The van der Waals surface area contributed by atoms with E-state index in [2.05, 4.69) is 0 Å². The van der Waals surface area contributed by atoms with E-state index in [1.807, 2.05) is 19.1 Å². The number of hydrogen-bond donors (Lipinski definition) is 0. The quantitative estimate of drug-likeness (QED) is 0.830. The molecule has 1 saturated heterocycles. The molecule has 0 radical (unpaired) electrons. The molecule has 0 N–H and O–H groups in total. The smallest absolute Gasteiger partial charge is 0.178 e. The topological polar surface area (TPSA) is 43.4 Å². The van der Waals surface area contributed by atoms with E-state index in [1.54, 1.807) is 12.1 Å². The minimum Gasteiger partial charge on any atom is -0.381 e. The van der Waals surface area contributed by atoms with E-state index in [4.69, 9.17) is 4.74 Å². The third-order valence-electron chi connectivity index (χ3n) is 3.22. The van der Waals surface area contributed by atoms with Crippen molar-refractivity contribution in [3.05, 3.63) is 29.8 Å². The molecule has 94 valence electrons. The van der Waals surface area contributed by atoms with Gasteiger partial charge in [0, 0.05) is 13.2 Å². The van der Waals surface area contributed by atoms with Crippen molar-refractivity contribution >= 4 is 9.84 Å². The first kappa shape index (κ1) is 12.6. The summed E-state index contributed by atoms with van der Waals surface area (Å²) in [7, 11) is -3.15. The molecule has 0 aliphatic carbocycles. The maximum absolute atomic E-state index is 12.3. The van der Waals surface area contributed by atoms with Gasteiger partial charge in [0.1, 0.15) is 0 Å². The van der Waals surface area contributed by atoms with Gasteiger partial charge in [-0.2, -0.15) is 0 Å². The maximum atomic E-state index is 12.3. The summed E-state index contributed by atoms with van der Waals surface area (Å²) < 4.78 is 29.8. The Morgan fingerprint density at radius 1 is 1.24 bits per heavy atom. The van der Waals surface area contributed by atoms with Gasteiger partial charge in [-0.1, -0.05) is 18.2 Å². The summed E-state index contributed by atoms with van der Waals surface area (Å²) >= 11 is 0. The lowest BCUT2D eigenvalue weighted by molar-refractivity contribution is 0.0723. The van der Waals surface area contributed by atoms with Crippen LogP contribution in [0.1, 0.15) is 18.4 Å². The van der Waals surface area contributed by atoms with Crippen LogP contribution in [-0.4, -0.2) is 27.4 Å². The van der Waals surface area contributed by atoms with E-state index in [0.717, 1.165) is 18.4 Å². The number of hydrogen-bond acceptors (Lipinski definition) is 3. The molecule has 1 aliphatic heterocycles. The van der Waals surface area contributed by atoms with Gasteiger partial charge in [0.2, 0.25) is 0 Å². The molecule has 1 aromatic rings. The molecule has 0 aromatic heterocycles. The average molecular weight is 254 g/mol. The first-order chi connectivity index (χ1) is 8.09. The van der Waals surface area contributed by atoms with Gasteiger partial charge in [0.15, 0.2) is 9.84 Å². The lowest BCUT2D eigenvalue weighted by Crippen LogP contribution is -2.23. The second-order valence-corrected chi connectivity index (χ2v) is 6.61. The molecule has 0 unspecified atom stereocenters. The molecule has 1 aromatic carbocycles. The molecule has 1 fully saturated rings. The molecule has 0 bridgehead atoms. The predicted molar refractivity (Wildman–Crippen MR) is 66.8 cm³/mol. The van der Waals surface area contributed by atoms with Crippen LogP contribution in [0.3, 0.4) is 0 Å². The van der Waals surface area contributed by atoms with E-state index < -0.39 is 9.84 Å². The SMILES string of the molecule is Cc1ccccc1S(=O)(=O)CC1CCOCC1. The van der Waals surface area contributed by atoms with Crippen LogP contribution in [0.2, 0.25) is 0 Å². The van der Waals surface area contributed by atoms with Gasteiger partial charge in [-0.3, -0.25) is 0 Å². The number of ether oxygens (including phenoxy) is 1. The third-order valence-corrected chi connectivity index (χ3v) is 5.26. The van der Waals surface area contributed by atoms with Crippen molar-refractivity contribution in [3.8, 4) is 0 Å². The van der Waals surface area contributed by atoms with E-state index >= 15 is 0 Å². The van der Waals surface area contributed by atoms with Crippen LogP contribution in [0, 0.1) is 12.8 Å². The molecule has 0 spiro atoms. The summed E-state index contributed by atoms with van der Waals surface area (Å²) in [5.74, 6) is 0.495. The molecular weight excluding hydrogens is 236 g/mol. The molecule has 0 saturated carbocycles. The Balaban J connectivity index is 2.16. The van der Waals surface area contributed by atoms with Crippen molar-refractivity contribution < 1.29 is 13.2 Å². The Morgan fingerprint density at radius 3 is 2.53 bits per heavy atom. The molecule has 3 nitrogen and oxygen atoms in total. The Bertz CT molecular complexity index is 473. The zero-order valence-electron chi connectivity index (χ0n) is 10.1. The van der Waals surface area contributed by atoms with Gasteiger partial charge in [-0.25, -0.2) is 8.42 Å². The van der Waals surface area contributed by atoms with Gasteiger partial charge in [-0.05, 0) is 37.3 Å². The van der Waals surface area contributed by atoms with E-state index in [1.165, 1.54) is 0 Å². The maximum Gasteiger partial charge on any atom is 0.178 e. The molecule has 0 atom stereocenters. The second kappa shape index (κ2) is 5.19. The van der Waals surface area contributed by atoms with Gasteiger partial charge >= 0.3 is 0 Å². The fourth-order valence-corrected chi connectivity index (χ4v) is 4.20. The third kappa shape index (κ3) is 3.07. The van der Waals surface area contributed by atoms with Crippen molar-refractivity contribution in [2.24, 2.45) is 5.92 Å². The van der Waals surface area contributed by atoms with Crippen LogP contribution in [0.5, 0.6) is 0 Å². The van der Waals surface area contributed by atoms with Gasteiger partial charge in [0.05, 0.1) is 10.6 Å². The number of aryl methyl sites for hydroxylation is 1. The van der Waals surface area contributed by atoms with Crippen molar-refractivity contribution in [2.45, 2.75) is 24.7 Å². The van der Waals surface area contributed by atoms with Crippen LogP contribution >= 0.6 is 0 Å². The van der Waals surface area contributed by atoms with Gasteiger partial charge in [-0.15, -0.1) is 0 Å². The van der Waals surface area contributed by atoms with Crippen molar-refractivity contribution in [2.75, 3.05) is 19.0 Å². The average Bonchev–Trinajstić information content (AvgIpc) is 2.30. The van der Waals surface area contributed by atoms with Gasteiger partial charge in [0.25, 0.3) is 0 Å². The highest BCUT2D eigenvalue weighted by Crippen LogP contribution is 2.23. The molecule has 0 amide bonds. The minimum atomic E-state index is -3.15. The second-order valence-electron chi connectivity index (χ2n) is 4.60. The Hall–Kier alpha value is -0.870. The van der Waals surface area contributed by atoms with E-state index in [9.17, 15) is 8.42 Å². The largest absolute Gasteiger partial charge is 0.381 e. The lowest BCUT2D eigenvalue weighted by atomic mass is 10.0. The van der Waals surface area contributed by atoms with Crippen molar-refractivity contribution in [1.82, 2.24) is 0 Å². The highest BCUT2D eigenvalue weighted by atomic mass is 32.2. The summed E-state index contributed by atoms with van der Waals surface area (Å²) in [6, 6.07) is 7.19. The van der Waals surface area contributed by atoms with Crippen molar-refractivity contribution in [3.63, 3.8) is 0 Å². The van der Waals surface area contributed by atoms with Crippen LogP contribution in [-0.2, 0) is 14.6 Å². The fourth-order valence-electron chi connectivity index (χ4n) is 2.22.